The number of benzene rings is 2. The molecule has 0 fully saturated rings. The average Bonchev–Trinajstić information content (AvgIpc) is 3.27. The number of hydrogen-bond donors (Lipinski definition) is 1. The van der Waals surface area contributed by atoms with E-state index in [-0.39, 0.29) is 5.56 Å². The number of halogens is 2. The van der Waals surface area contributed by atoms with E-state index in [4.69, 9.17) is 10.00 Å². The Morgan fingerprint density at radius 3 is 2.88 bits per heavy atom. The van der Waals surface area contributed by atoms with Crippen molar-refractivity contribution in [3.05, 3.63) is 59.4 Å². The Morgan fingerprint density at radius 2 is 2.15 bits per heavy atom. The number of methoxy groups -OCH3 is 1. The molecule has 5 nitrogen and oxygen atoms in total. The molecule has 0 aliphatic rings. The van der Waals surface area contributed by atoms with Gasteiger partial charge in [0.05, 0.1) is 36.3 Å². The minimum Gasteiger partial charge on any atom is -0.496 e. The van der Waals surface area contributed by atoms with Crippen molar-refractivity contribution in [3.63, 3.8) is 0 Å². The van der Waals surface area contributed by atoms with Gasteiger partial charge >= 0.3 is 0 Å². The second kappa shape index (κ2) is 6.15. The number of fused-ring (bicyclic) bond motifs is 2. The Balaban J connectivity index is 1.83. The number of nitrogens with one attached hydrogen (secondary N) is 1. The molecule has 2 aromatic heterocycles. The van der Waals surface area contributed by atoms with Crippen molar-refractivity contribution >= 4 is 21.8 Å². The van der Waals surface area contributed by atoms with Crippen LogP contribution in [-0.2, 0) is 6.54 Å². The van der Waals surface area contributed by atoms with E-state index in [1.54, 1.807) is 29.1 Å². The number of hydrogen-bond acceptors (Lipinski definition) is 3. The molecule has 7 heteroatoms. The van der Waals surface area contributed by atoms with Crippen LogP contribution in [0, 0.1) is 11.3 Å². The molecule has 2 heterocycles. The lowest BCUT2D eigenvalue weighted by molar-refractivity contribution is 0.152. The molecule has 0 atom stereocenters. The molecule has 0 bridgehead atoms. The van der Waals surface area contributed by atoms with E-state index < -0.39 is 6.43 Å². The highest BCUT2D eigenvalue weighted by molar-refractivity contribution is 5.88. The van der Waals surface area contributed by atoms with Crippen LogP contribution in [0.5, 0.6) is 5.75 Å². The summed E-state index contributed by atoms with van der Waals surface area (Å²) in [5.74, 6) is 0.393. The first-order valence-electron chi connectivity index (χ1n) is 7.93. The van der Waals surface area contributed by atoms with Crippen molar-refractivity contribution in [2.24, 2.45) is 0 Å². The van der Waals surface area contributed by atoms with Crippen LogP contribution < -0.4 is 4.74 Å². The minimum atomic E-state index is -2.60. The first kappa shape index (κ1) is 16.1. The molecule has 0 unspecified atom stereocenters. The molecule has 0 saturated heterocycles. The van der Waals surface area contributed by atoms with Crippen LogP contribution in [0.4, 0.5) is 8.78 Å². The van der Waals surface area contributed by atoms with Crippen molar-refractivity contribution in [1.82, 2.24) is 14.8 Å². The van der Waals surface area contributed by atoms with E-state index in [0.29, 0.717) is 34.3 Å². The van der Waals surface area contributed by atoms with Gasteiger partial charge in [-0.1, -0.05) is 0 Å². The van der Waals surface area contributed by atoms with E-state index >= 15 is 0 Å². The fourth-order valence-corrected chi connectivity index (χ4v) is 3.19. The number of ether oxygens (including phenoxy) is 1. The maximum absolute atomic E-state index is 13.3. The van der Waals surface area contributed by atoms with Gasteiger partial charge in [0.15, 0.2) is 0 Å². The Labute approximate surface area is 147 Å². The lowest BCUT2D eigenvalue weighted by Gasteiger charge is -2.13. The summed E-state index contributed by atoms with van der Waals surface area (Å²) in [5, 5.41) is 15.1. The number of nitriles is 1. The first-order chi connectivity index (χ1) is 12.6. The summed E-state index contributed by atoms with van der Waals surface area (Å²) in [5.41, 5.74) is 2.32. The molecule has 1 N–H and O–H groups in total. The molecular formula is C19H14F2N4O. The van der Waals surface area contributed by atoms with Crippen LogP contribution in [0.25, 0.3) is 21.8 Å². The number of nitrogens with zero attached hydrogens (tertiary/aromatic N) is 3. The number of H-pyrrole nitrogens is 1. The topological polar surface area (TPSA) is 66.6 Å². The molecule has 4 aromatic rings. The predicted molar refractivity (Wildman–Crippen MR) is 93.4 cm³/mol. The molecule has 26 heavy (non-hydrogen) atoms. The Bertz CT molecular complexity index is 1150. The summed E-state index contributed by atoms with van der Waals surface area (Å²) >= 11 is 0. The molecular weight excluding hydrogens is 338 g/mol. The quantitative estimate of drug-likeness (QED) is 0.592. The normalized spacial score (nSPS) is 11.3. The maximum Gasteiger partial charge on any atom is 0.266 e. The van der Waals surface area contributed by atoms with Gasteiger partial charge in [-0.25, -0.2) is 8.78 Å². The van der Waals surface area contributed by atoms with Crippen LogP contribution in [-0.4, -0.2) is 21.9 Å². The Hall–Kier alpha value is -3.40. The first-order valence-corrected chi connectivity index (χ1v) is 7.93. The molecule has 4 rings (SSSR count). The molecule has 0 spiro atoms. The van der Waals surface area contributed by atoms with Crippen molar-refractivity contribution in [1.29, 1.82) is 5.26 Å². The van der Waals surface area contributed by atoms with Crippen molar-refractivity contribution in [2.45, 2.75) is 13.0 Å². The highest BCUT2D eigenvalue weighted by Gasteiger charge is 2.19. The van der Waals surface area contributed by atoms with Gasteiger partial charge in [0, 0.05) is 34.3 Å². The number of alkyl halides is 2. The van der Waals surface area contributed by atoms with Crippen LogP contribution in [0.1, 0.15) is 23.1 Å². The largest absolute Gasteiger partial charge is 0.496 e. The van der Waals surface area contributed by atoms with Gasteiger partial charge < -0.3 is 9.72 Å². The predicted octanol–water partition coefficient (Wildman–Crippen LogP) is 4.38. The highest BCUT2D eigenvalue weighted by Crippen LogP contribution is 2.36. The van der Waals surface area contributed by atoms with E-state index in [2.05, 4.69) is 16.2 Å². The monoisotopic (exact) mass is 352 g/mol. The van der Waals surface area contributed by atoms with Crippen LogP contribution in [0.3, 0.4) is 0 Å². The van der Waals surface area contributed by atoms with E-state index in [9.17, 15) is 8.78 Å². The summed E-state index contributed by atoms with van der Waals surface area (Å²) in [6, 6.07) is 10.5. The fraction of sp³-hybridized carbons (Fsp3) is 0.158. The standard InChI is InChI=1S/C19H14F2N4O/c1-26-17-7-14(19(20)21)18-13(4-5-23-18)15(17)10-25-9-12-3-2-11(8-22)6-16(12)24-25/h2-7,9,19,23H,10H2,1H3. The third-order valence-corrected chi connectivity index (χ3v) is 4.40. The zero-order valence-corrected chi connectivity index (χ0v) is 13.8. The molecule has 2 aromatic carbocycles. The van der Waals surface area contributed by atoms with Gasteiger partial charge in [-0.3, -0.25) is 4.68 Å². The van der Waals surface area contributed by atoms with Gasteiger partial charge in [-0.2, -0.15) is 10.4 Å². The van der Waals surface area contributed by atoms with Crippen molar-refractivity contribution in [3.8, 4) is 11.8 Å². The highest BCUT2D eigenvalue weighted by atomic mass is 19.3. The average molecular weight is 352 g/mol. The SMILES string of the molecule is COc1cc(C(F)F)c2[nH]ccc2c1Cn1cc2ccc(C#N)cc2n1. The van der Waals surface area contributed by atoms with E-state index in [1.165, 1.54) is 13.2 Å². The van der Waals surface area contributed by atoms with Crippen LogP contribution >= 0.6 is 0 Å². The number of aromatic amines is 1. The summed E-state index contributed by atoms with van der Waals surface area (Å²) in [7, 11) is 1.46. The van der Waals surface area contributed by atoms with Crippen LogP contribution in [0.15, 0.2) is 42.7 Å². The second-order valence-corrected chi connectivity index (χ2v) is 5.93. The lowest BCUT2D eigenvalue weighted by atomic mass is 10.0. The van der Waals surface area contributed by atoms with Crippen molar-refractivity contribution < 1.29 is 13.5 Å². The lowest BCUT2D eigenvalue weighted by Crippen LogP contribution is -2.04. The Kier molecular flexibility index (Phi) is 3.81. The molecule has 0 aliphatic carbocycles. The fourth-order valence-electron chi connectivity index (χ4n) is 3.19. The zero-order valence-electron chi connectivity index (χ0n) is 13.8. The van der Waals surface area contributed by atoms with Gasteiger partial charge in [-0.15, -0.1) is 0 Å². The summed E-state index contributed by atoms with van der Waals surface area (Å²) in [6.07, 6.45) is 0.893. The van der Waals surface area contributed by atoms with Gasteiger partial charge in [-0.05, 0) is 30.3 Å². The molecule has 0 amide bonds. The smallest absolute Gasteiger partial charge is 0.266 e. The van der Waals surface area contributed by atoms with E-state index in [0.717, 1.165) is 10.9 Å². The van der Waals surface area contributed by atoms with Gasteiger partial charge in [0.1, 0.15) is 5.75 Å². The number of aromatic nitrogens is 3. The summed E-state index contributed by atoms with van der Waals surface area (Å²) in [6.45, 7) is 0.359. The molecule has 0 radical (unpaired) electrons. The zero-order chi connectivity index (χ0) is 18.3. The summed E-state index contributed by atoms with van der Waals surface area (Å²) in [4.78, 5) is 2.89. The summed E-state index contributed by atoms with van der Waals surface area (Å²) < 4.78 is 33.8. The minimum absolute atomic E-state index is 0.0881. The Morgan fingerprint density at radius 1 is 1.31 bits per heavy atom. The third-order valence-electron chi connectivity index (χ3n) is 4.40. The van der Waals surface area contributed by atoms with E-state index in [1.807, 2.05) is 12.3 Å². The third kappa shape index (κ3) is 2.56. The van der Waals surface area contributed by atoms with Gasteiger partial charge in [0.2, 0.25) is 0 Å². The van der Waals surface area contributed by atoms with Gasteiger partial charge in [0.25, 0.3) is 6.43 Å². The molecule has 0 aliphatic heterocycles. The maximum atomic E-state index is 13.3. The van der Waals surface area contributed by atoms with Crippen LogP contribution in [0.2, 0.25) is 0 Å². The second-order valence-electron chi connectivity index (χ2n) is 5.93. The number of rotatable bonds is 4. The molecule has 0 saturated carbocycles. The molecule has 130 valence electrons. The van der Waals surface area contributed by atoms with Crippen molar-refractivity contribution in [2.75, 3.05) is 7.11 Å².